The van der Waals surface area contributed by atoms with Crippen LogP contribution in [0.3, 0.4) is 0 Å². The molecule has 0 amide bonds. The molecular weight excluding hydrogens is 162 g/mol. The molecule has 0 aliphatic heterocycles. The van der Waals surface area contributed by atoms with Gasteiger partial charge in [-0.25, -0.2) is 0 Å². The molecule has 0 bridgehead atoms. The van der Waals surface area contributed by atoms with Crippen LogP contribution in [0.15, 0.2) is 0 Å². The summed E-state index contributed by atoms with van der Waals surface area (Å²) in [6.07, 6.45) is 4.10. The Morgan fingerprint density at radius 1 is 1.31 bits per heavy atom. The van der Waals surface area contributed by atoms with Crippen LogP contribution in [0.1, 0.15) is 47.0 Å². The van der Waals surface area contributed by atoms with Gasteiger partial charge >= 0.3 is 0 Å². The molecule has 0 aromatic heterocycles. The number of hydrogen-bond donors (Lipinski definition) is 1. The van der Waals surface area contributed by atoms with Gasteiger partial charge in [-0.2, -0.15) is 0 Å². The highest BCUT2D eigenvalue weighted by Gasteiger charge is 2.32. The summed E-state index contributed by atoms with van der Waals surface area (Å²) < 4.78 is 5.84. The van der Waals surface area contributed by atoms with Crippen LogP contribution >= 0.6 is 0 Å². The fraction of sp³-hybridized carbons (Fsp3) is 1.00. The summed E-state index contributed by atoms with van der Waals surface area (Å²) in [7, 11) is 0. The van der Waals surface area contributed by atoms with Crippen LogP contribution < -0.4 is 5.32 Å². The molecule has 1 aliphatic carbocycles. The van der Waals surface area contributed by atoms with Crippen LogP contribution in [0.25, 0.3) is 0 Å². The van der Waals surface area contributed by atoms with Crippen molar-refractivity contribution >= 4 is 0 Å². The molecule has 0 heterocycles. The molecule has 1 fully saturated rings. The normalized spacial score (nSPS) is 28.6. The number of hydrogen-bond acceptors (Lipinski definition) is 2. The minimum Gasteiger partial charge on any atom is -0.373 e. The average molecular weight is 185 g/mol. The Morgan fingerprint density at radius 3 is 2.38 bits per heavy atom. The lowest BCUT2D eigenvalue weighted by Crippen LogP contribution is -2.47. The Hall–Kier alpha value is -0.0800. The molecule has 0 aromatic carbocycles. The SMILES string of the molecule is CCCNC1CC(OC(C)(C)C)C1. The summed E-state index contributed by atoms with van der Waals surface area (Å²) in [5, 5.41) is 3.50. The molecule has 13 heavy (non-hydrogen) atoms. The summed E-state index contributed by atoms with van der Waals surface area (Å²) in [6.45, 7) is 9.72. The molecule has 1 aliphatic rings. The van der Waals surface area contributed by atoms with Gasteiger partial charge in [-0.1, -0.05) is 6.92 Å². The van der Waals surface area contributed by atoms with E-state index in [0.29, 0.717) is 12.1 Å². The third kappa shape index (κ3) is 4.10. The number of rotatable bonds is 4. The van der Waals surface area contributed by atoms with Gasteiger partial charge in [-0.15, -0.1) is 0 Å². The second kappa shape index (κ2) is 4.43. The highest BCUT2D eigenvalue weighted by atomic mass is 16.5. The minimum absolute atomic E-state index is 0.0282. The van der Waals surface area contributed by atoms with E-state index in [1.807, 2.05) is 0 Å². The Morgan fingerprint density at radius 2 is 1.92 bits per heavy atom. The fourth-order valence-corrected chi connectivity index (χ4v) is 1.68. The summed E-state index contributed by atoms with van der Waals surface area (Å²) in [4.78, 5) is 0. The second-order valence-electron chi connectivity index (χ2n) is 4.97. The van der Waals surface area contributed by atoms with E-state index in [1.54, 1.807) is 0 Å². The quantitative estimate of drug-likeness (QED) is 0.726. The predicted octanol–water partition coefficient (Wildman–Crippen LogP) is 2.33. The van der Waals surface area contributed by atoms with E-state index >= 15 is 0 Å². The van der Waals surface area contributed by atoms with Gasteiger partial charge in [0.2, 0.25) is 0 Å². The Labute approximate surface area is 82.0 Å². The van der Waals surface area contributed by atoms with E-state index in [-0.39, 0.29) is 5.60 Å². The maximum absolute atomic E-state index is 5.84. The second-order valence-corrected chi connectivity index (χ2v) is 4.97. The monoisotopic (exact) mass is 185 g/mol. The van der Waals surface area contributed by atoms with E-state index in [1.165, 1.54) is 19.3 Å². The smallest absolute Gasteiger partial charge is 0.0612 e. The molecule has 1 rings (SSSR count). The van der Waals surface area contributed by atoms with Crippen LogP contribution in [-0.2, 0) is 4.74 Å². The van der Waals surface area contributed by atoms with Gasteiger partial charge in [-0.05, 0) is 46.6 Å². The Bertz CT molecular complexity index is 145. The van der Waals surface area contributed by atoms with Gasteiger partial charge in [0.25, 0.3) is 0 Å². The highest BCUT2D eigenvalue weighted by Crippen LogP contribution is 2.27. The third-order valence-corrected chi connectivity index (χ3v) is 2.30. The summed E-state index contributed by atoms with van der Waals surface area (Å²) in [6, 6.07) is 0.715. The van der Waals surface area contributed by atoms with Crippen molar-refractivity contribution in [3.63, 3.8) is 0 Å². The van der Waals surface area contributed by atoms with Crippen LogP contribution in [-0.4, -0.2) is 24.3 Å². The molecule has 0 radical (unpaired) electrons. The molecule has 0 saturated heterocycles. The van der Waals surface area contributed by atoms with Gasteiger partial charge in [-0.3, -0.25) is 0 Å². The van der Waals surface area contributed by atoms with E-state index < -0.39 is 0 Å². The van der Waals surface area contributed by atoms with Crippen molar-refractivity contribution in [3.05, 3.63) is 0 Å². The fourth-order valence-electron chi connectivity index (χ4n) is 1.68. The predicted molar refractivity (Wildman–Crippen MR) is 55.9 cm³/mol. The van der Waals surface area contributed by atoms with E-state index in [2.05, 4.69) is 33.0 Å². The molecule has 78 valence electrons. The zero-order valence-electron chi connectivity index (χ0n) is 9.39. The van der Waals surface area contributed by atoms with Crippen molar-refractivity contribution < 1.29 is 4.74 Å². The first-order chi connectivity index (χ1) is 6.01. The van der Waals surface area contributed by atoms with Crippen LogP contribution in [0.4, 0.5) is 0 Å². The number of nitrogens with one attached hydrogen (secondary N) is 1. The molecule has 2 nitrogen and oxygen atoms in total. The van der Waals surface area contributed by atoms with Gasteiger partial charge in [0, 0.05) is 6.04 Å². The maximum atomic E-state index is 5.84. The topological polar surface area (TPSA) is 21.3 Å². The molecule has 1 saturated carbocycles. The first-order valence-corrected chi connectivity index (χ1v) is 5.42. The molecule has 0 spiro atoms. The zero-order chi connectivity index (χ0) is 9.90. The largest absolute Gasteiger partial charge is 0.373 e. The third-order valence-electron chi connectivity index (χ3n) is 2.30. The van der Waals surface area contributed by atoms with Gasteiger partial charge in [0.1, 0.15) is 0 Å². The average Bonchev–Trinajstić information content (AvgIpc) is 1.91. The maximum Gasteiger partial charge on any atom is 0.0612 e. The molecule has 2 heteroatoms. The van der Waals surface area contributed by atoms with E-state index in [0.717, 1.165) is 6.54 Å². The van der Waals surface area contributed by atoms with Crippen LogP contribution in [0.2, 0.25) is 0 Å². The van der Waals surface area contributed by atoms with Crippen molar-refractivity contribution in [2.45, 2.75) is 64.7 Å². The highest BCUT2D eigenvalue weighted by molar-refractivity contribution is 4.87. The molecule has 0 unspecified atom stereocenters. The number of ether oxygens (including phenoxy) is 1. The molecule has 1 N–H and O–H groups in total. The zero-order valence-corrected chi connectivity index (χ0v) is 9.39. The van der Waals surface area contributed by atoms with Gasteiger partial charge in [0.05, 0.1) is 11.7 Å². The first-order valence-electron chi connectivity index (χ1n) is 5.42. The van der Waals surface area contributed by atoms with Crippen molar-refractivity contribution in [2.24, 2.45) is 0 Å². The molecule has 0 atom stereocenters. The molecular formula is C11H23NO. The van der Waals surface area contributed by atoms with Gasteiger partial charge < -0.3 is 10.1 Å². The lowest BCUT2D eigenvalue weighted by molar-refractivity contribution is -0.102. The summed E-state index contributed by atoms with van der Waals surface area (Å²) in [5.74, 6) is 0. The standard InChI is InChI=1S/C11H23NO/c1-5-6-12-9-7-10(8-9)13-11(2,3)4/h9-10,12H,5-8H2,1-4H3. The van der Waals surface area contributed by atoms with Crippen molar-refractivity contribution in [2.75, 3.05) is 6.54 Å². The lowest BCUT2D eigenvalue weighted by atomic mass is 9.88. The van der Waals surface area contributed by atoms with Crippen LogP contribution in [0, 0.1) is 0 Å². The summed E-state index contributed by atoms with van der Waals surface area (Å²) >= 11 is 0. The molecule has 0 aromatic rings. The minimum atomic E-state index is 0.0282. The van der Waals surface area contributed by atoms with Gasteiger partial charge in [0.15, 0.2) is 0 Å². The first kappa shape index (κ1) is 11.0. The van der Waals surface area contributed by atoms with Crippen molar-refractivity contribution in [3.8, 4) is 0 Å². The van der Waals surface area contributed by atoms with Crippen LogP contribution in [0.5, 0.6) is 0 Å². The lowest BCUT2D eigenvalue weighted by Gasteiger charge is -2.39. The summed E-state index contributed by atoms with van der Waals surface area (Å²) in [5.41, 5.74) is 0.0282. The van der Waals surface area contributed by atoms with E-state index in [4.69, 9.17) is 4.74 Å². The Balaban J connectivity index is 2.05. The van der Waals surface area contributed by atoms with Crippen molar-refractivity contribution in [1.82, 2.24) is 5.32 Å². The van der Waals surface area contributed by atoms with Crippen molar-refractivity contribution in [1.29, 1.82) is 0 Å². The van der Waals surface area contributed by atoms with E-state index in [9.17, 15) is 0 Å². The Kier molecular flexibility index (Phi) is 3.74.